The summed E-state index contributed by atoms with van der Waals surface area (Å²) in [4.78, 5) is 14.6. The highest BCUT2D eigenvalue weighted by Crippen LogP contribution is 2.26. The molecule has 0 radical (unpaired) electrons. The number of nitrogens with one attached hydrogen (secondary N) is 1. The number of methoxy groups -OCH3 is 2. The van der Waals surface area contributed by atoms with E-state index in [2.05, 4.69) is 5.32 Å². The van der Waals surface area contributed by atoms with Gasteiger partial charge in [-0.05, 0) is 25.0 Å². The number of urea groups is 1. The Morgan fingerprint density at radius 2 is 2.04 bits per heavy atom. The number of hydrogen-bond acceptors (Lipinski definition) is 5. The Kier molecular flexibility index (Phi) is 6.01. The quantitative estimate of drug-likeness (QED) is 0.818. The molecule has 1 aromatic carbocycles. The van der Waals surface area contributed by atoms with Crippen molar-refractivity contribution in [3.05, 3.63) is 42.4 Å². The van der Waals surface area contributed by atoms with Crippen LogP contribution in [0.5, 0.6) is 11.5 Å². The van der Waals surface area contributed by atoms with Crippen molar-refractivity contribution in [2.75, 3.05) is 32.7 Å². The average Bonchev–Trinajstić information content (AvgIpc) is 3.34. The van der Waals surface area contributed by atoms with Gasteiger partial charge in [0.2, 0.25) is 0 Å². The Morgan fingerprint density at radius 3 is 2.62 bits per heavy atom. The highest BCUT2D eigenvalue weighted by molar-refractivity contribution is 5.89. The van der Waals surface area contributed by atoms with Crippen LogP contribution in [0.3, 0.4) is 0 Å². The summed E-state index contributed by atoms with van der Waals surface area (Å²) in [6, 6.07) is 8.68. The van der Waals surface area contributed by atoms with Gasteiger partial charge in [0.05, 0.1) is 33.1 Å². The van der Waals surface area contributed by atoms with E-state index in [9.17, 15) is 4.79 Å². The van der Waals surface area contributed by atoms with Gasteiger partial charge >= 0.3 is 6.03 Å². The van der Waals surface area contributed by atoms with Gasteiger partial charge in [-0.1, -0.05) is 0 Å². The van der Waals surface area contributed by atoms with Gasteiger partial charge in [-0.25, -0.2) is 4.79 Å². The second-order valence-electron chi connectivity index (χ2n) is 6.13. The second-order valence-corrected chi connectivity index (χ2v) is 6.13. The summed E-state index contributed by atoms with van der Waals surface area (Å²) in [6.07, 6.45) is 3.63. The van der Waals surface area contributed by atoms with Crippen LogP contribution in [-0.4, -0.2) is 44.4 Å². The van der Waals surface area contributed by atoms with E-state index in [4.69, 9.17) is 18.6 Å². The lowest BCUT2D eigenvalue weighted by Crippen LogP contribution is -2.39. The molecule has 0 bridgehead atoms. The number of rotatable bonds is 7. The lowest BCUT2D eigenvalue weighted by molar-refractivity contribution is 0.0803. The number of amides is 2. The zero-order chi connectivity index (χ0) is 18.4. The van der Waals surface area contributed by atoms with E-state index < -0.39 is 0 Å². The third kappa shape index (κ3) is 4.70. The van der Waals surface area contributed by atoms with Gasteiger partial charge in [0.15, 0.2) is 0 Å². The minimum absolute atomic E-state index is 0.0514. The first-order chi connectivity index (χ1) is 12.7. The fourth-order valence-electron chi connectivity index (χ4n) is 2.93. The molecule has 1 fully saturated rings. The zero-order valence-electron chi connectivity index (χ0n) is 15.1. The van der Waals surface area contributed by atoms with Gasteiger partial charge in [-0.15, -0.1) is 0 Å². The molecule has 26 heavy (non-hydrogen) atoms. The molecule has 0 saturated carbocycles. The Balaban J connectivity index is 1.73. The number of carbonyl (C=O) groups excluding carboxylic acids is 1. The molecule has 1 saturated heterocycles. The number of furan rings is 1. The molecule has 2 aromatic rings. The fraction of sp³-hybridized carbons (Fsp3) is 0.421. The molecular weight excluding hydrogens is 336 g/mol. The number of ether oxygens (including phenoxy) is 3. The summed E-state index contributed by atoms with van der Waals surface area (Å²) in [5, 5.41) is 2.91. The summed E-state index contributed by atoms with van der Waals surface area (Å²) in [7, 11) is 3.14. The third-order valence-electron chi connectivity index (χ3n) is 4.26. The van der Waals surface area contributed by atoms with E-state index in [1.807, 2.05) is 12.1 Å². The van der Waals surface area contributed by atoms with Crippen molar-refractivity contribution in [2.24, 2.45) is 0 Å². The summed E-state index contributed by atoms with van der Waals surface area (Å²) >= 11 is 0. The van der Waals surface area contributed by atoms with Gasteiger partial charge in [0.25, 0.3) is 0 Å². The van der Waals surface area contributed by atoms with Gasteiger partial charge in [0.1, 0.15) is 17.3 Å². The van der Waals surface area contributed by atoms with Crippen molar-refractivity contribution in [3.8, 4) is 11.5 Å². The average molecular weight is 360 g/mol. The van der Waals surface area contributed by atoms with Crippen LogP contribution in [0.15, 0.2) is 41.0 Å². The van der Waals surface area contributed by atoms with Crippen LogP contribution in [-0.2, 0) is 11.3 Å². The molecule has 1 aromatic heterocycles. The van der Waals surface area contributed by atoms with Gasteiger partial charge in [-0.2, -0.15) is 0 Å². The molecule has 0 aliphatic carbocycles. The molecule has 7 nitrogen and oxygen atoms in total. The largest absolute Gasteiger partial charge is 0.497 e. The third-order valence-corrected chi connectivity index (χ3v) is 4.26. The molecule has 1 aliphatic heterocycles. The summed E-state index contributed by atoms with van der Waals surface area (Å²) < 4.78 is 21.6. The van der Waals surface area contributed by atoms with Crippen LogP contribution in [0.25, 0.3) is 0 Å². The smallest absolute Gasteiger partial charge is 0.322 e. The van der Waals surface area contributed by atoms with Crippen molar-refractivity contribution in [2.45, 2.75) is 25.5 Å². The SMILES string of the molecule is COc1cc(NC(=O)N(Cc2ccco2)C[C@H]2CCCO2)cc(OC)c1. The van der Waals surface area contributed by atoms with E-state index in [0.29, 0.717) is 30.3 Å². The molecule has 0 spiro atoms. The summed E-state index contributed by atoms with van der Waals surface area (Å²) in [5.74, 6) is 1.94. The van der Waals surface area contributed by atoms with E-state index >= 15 is 0 Å². The summed E-state index contributed by atoms with van der Waals surface area (Å²) in [6.45, 7) is 1.63. The maximum Gasteiger partial charge on any atom is 0.322 e. The molecule has 1 N–H and O–H groups in total. The number of anilines is 1. The molecule has 3 rings (SSSR count). The normalized spacial score (nSPS) is 16.3. The van der Waals surface area contributed by atoms with Crippen LogP contribution in [0.2, 0.25) is 0 Å². The number of benzene rings is 1. The monoisotopic (exact) mass is 360 g/mol. The minimum Gasteiger partial charge on any atom is -0.497 e. The Bertz CT molecular complexity index is 688. The highest BCUT2D eigenvalue weighted by atomic mass is 16.5. The Labute approximate surface area is 152 Å². The lowest BCUT2D eigenvalue weighted by atomic mass is 10.2. The molecule has 0 unspecified atom stereocenters. The van der Waals surface area contributed by atoms with E-state index in [-0.39, 0.29) is 12.1 Å². The Hall–Kier alpha value is -2.67. The van der Waals surface area contributed by atoms with Gasteiger partial charge in [0, 0.05) is 37.0 Å². The molecule has 1 aliphatic rings. The molecular formula is C19H24N2O5. The molecule has 140 valence electrons. The maximum atomic E-state index is 12.9. The number of nitrogens with zero attached hydrogens (tertiary/aromatic N) is 1. The van der Waals surface area contributed by atoms with Crippen molar-refractivity contribution < 1.29 is 23.4 Å². The number of hydrogen-bond donors (Lipinski definition) is 1. The molecule has 2 amide bonds. The Morgan fingerprint density at radius 1 is 1.27 bits per heavy atom. The predicted molar refractivity (Wildman–Crippen MR) is 96.7 cm³/mol. The highest BCUT2D eigenvalue weighted by Gasteiger charge is 2.23. The molecule has 1 atom stereocenters. The minimum atomic E-state index is -0.229. The van der Waals surface area contributed by atoms with E-state index in [1.54, 1.807) is 43.6 Å². The van der Waals surface area contributed by atoms with Crippen LogP contribution in [0.1, 0.15) is 18.6 Å². The van der Waals surface area contributed by atoms with Crippen LogP contribution >= 0.6 is 0 Å². The standard InChI is InChI=1S/C19H24N2O5/c1-23-17-9-14(10-18(11-17)24-2)20-19(22)21(12-15-5-3-7-25-15)13-16-6-4-8-26-16/h3,5,7,9-11,16H,4,6,8,12-13H2,1-2H3,(H,20,22)/t16-/m1/s1. The van der Waals surface area contributed by atoms with Crippen LogP contribution in [0.4, 0.5) is 10.5 Å². The number of carbonyl (C=O) groups is 1. The topological polar surface area (TPSA) is 73.2 Å². The molecule has 2 heterocycles. The van der Waals surface area contributed by atoms with Crippen LogP contribution < -0.4 is 14.8 Å². The van der Waals surface area contributed by atoms with Crippen molar-refractivity contribution >= 4 is 11.7 Å². The van der Waals surface area contributed by atoms with Gasteiger partial charge < -0.3 is 28.8 Å². The van der Waals surface area contributed by atoms with Crippen molar-refractivity contribution in [1.29, 1.82) is 0 Å². The predicted octanol–water partition coefficient (Wildman–Crippen LogP) is 3.51. The second kappa shape index (κ2) is 8.62. The van der Waals surface area contributed by atoms with Crippen molar-refractivity contribution in [3.63, 3.8) is 0 Å². The molecule has 7 heteroatoms. The van der Waals surface area contributed by atoms with Crippen molar-refractivity contribution in [1.82, 2.24) is 4.90 Å². The lowest BCUT2D eigenvalue weighted by Gasteiger charge is -2.25. The fourth-order valence-corrected chi connectivity index (χ4v) is 2.93. The van der Waals surface area contributed by atoms with E-state index in [1.165, 1.54) is 0 Å². The van der Waals surface area contributed by atoms with E-state index in [0.717, 1.165) is 25.2 Å². The first kappa shape index (κ1) is 18.1. The van der Waals surface area contributed by atoms with Crippen LogP contribution in [0, 0.1) is 0 Å². The maximum absolute atomic E-state index is 12.9. The zero-order valence-corrected chi connectivity index (χ0v) is 15.1. The summed E-state index contributed by atoms with van der Waals surface area (Å²) in [5.41, 5.74) is 0.600. The first-order valence-electron chi connectivity index (χ1n) is 8.61. The first-order valence-corrected chi connectivity index (χ1v) is 8.61. The van der Waals surface area contributed by atoms with Gasteiger partial charge in [-0.3, -0.25) is 0 Å².